The third kappa shape index (κ3) is 4.16. The summed E-state index contributed by atoms with van der Waals surface area (Å²) in [5.41, 5.74) is 0.565. The standard InChI is InChI=1S/C16H27NO/c1-13(6-7-15-5-4-12-18-15)17-14-8-10-16(2,3)11-9-14/h4-5,12-14,17H,6-11H2,1-3H3. The lowest BCUT2D eigenvalue weighted by Crippen LogP contribution is -2.40. The first kappa shape index (κ1) is 13.7. The highest BCUT2D eigenvalue weighted by Gasteiger charge is 2.27. The molecule has 2 heteroatoms. The predicted octanol–water partition coefficient (Wildman–Crippen LogP) is 4.16. The van der Waals surface area contributed by atoms with Crippen molar-refractivity contribution in [2.45, 2.75) is 71.4 Å². The SMILES string of the molecule is CC(CCc1ccco1)NC1CCC(C)(C)CC1. The average molecular weight is 249 g/mol. The zero-order valence-corrected chi connectivity index (χ0v) is 12.0. The lowest BCUT2D eigenvalue weighted by atomic mass is 9.75. The molecule has 2 rings (SSSR count). The van der Waals surface area contributed by atoms with Gasteiger partial charge in [0.1, 0.15) is 5.76 Å². The molecule has 1 unspecified atom stereocenters. The molecule has 1 aliphatic rings. The van der Waals surface area contributed by atoms with E-state index in [1.54, 1.807) is 6.26 Å². The highest BCUT2D eigenvalue weighted by Crippen LogP contribution is 2.35. The van der Waals surface area contributed by atoms with Gasteiger partial charge in [-0.2, -0.15) is 0 Å². The minimum absolute atomic E-state index is 0.565. The first-order valence-corrected chi connectivity index (χ1v) is 7.34. The third-order valence-electron chi connectivity index (χ3n) is 4.26. The number of furan rings is 1. The van der Waals surface area contributed by atoms with Crippen LogP contribution in [0.15, 0.2) is 22.8 Å². The van der Waals surface area contributed by atoms with Gasteiger partial charge in [0.15, 0.2) is 0 Å². The van der Waals surface area contributed by atoms with E-state index in [9.17, 15) is 0 Å². The summed E-state index contributed by atoms with van der Waals surface area (Å²) < 4.78 is 5.37. The highest BCUT2D eigenvalue weighted by atomic mass is 16.3. The second-order valence-corrected chi connectivity index (χ2v) is 6.62. The van der Waals surface area contributed by atoms with E-state index in [2.05, 4.69) is 32.2 Å². The topological polar surface area (TPSA) is 25.2 Å². The molecule has 0 aliphatic heterocycles. The largest absolute Gasteiger partial charge is 0.469 e. The molecule has 0 bridgehead atoms. The molecule has 0 spiro atoms. The first-order valence-electron chi connectivity index (χ1n) is 7.34. The molecule has 1 N–H and O–H groups in total. The van der Waals surface area contributed by atoms with Crippen LogP contribution in [-0.4, -0.2) is 12.1 Å². The van der Waals surface area contributed by atoms with Gasteiger partial charge in [-0.05, 0) is 56.6 Å². The highest BCUT2D eigenvalue weighted by molar-refractivity contribution is 4.98. The maximum absolute atomic E-state index is 5.37. The zero-order valence-electron chi connectivity index (χ0n) is 12.0. The van der Waals surface area contributed by atoms with E-state index in [0.717, 1.165) is 24.6 Å². The molecule has 1 aromatic heterocycles. The second-order valence-electron chi connectivity index (χ2n) is 6.62. The van der Waals surface area contributed by atoms with Crippen LogP contribution in [-0.2, 0) is 6.42 Å². The smallest absolute Gasteiger partial charge is 0.103 e. The van der Waals surface area contributed by atoms with Crippen molar-refractivity contribution in [2.24, 2.45) is 5.41 Å². The van der Waals surface area contributed by atoms with Crippen molar-refractivity contribution in [2.75, 3.05) is 0 Å². The van der Waals surface area contributed by atoms with Crippen LogP contribution in [0.5, 0.6) is 0 Å². The van der Waals surface area contributed by atoms with Crippen molar-refractivity contribution in [3.8, 4) is 0 Å². The van der Waals surface area contributed by atoms with Gasteiger partial charge < -0.3 is 9.73 Å². The van der Waals surface area contributed by atoms with Gasteiger partial charge in [0.2, 0.25) is 0 Å². The van der Waals surface area contributed by atoms with Crippen molar-refractivity contribution in [1.82, 2.24) is 5.32 Å². The summed E-state index contributed by atoms with van der Waals surface area (Å²) in [6.07, 6.45) is 9.34. The van der Waals surface area contributed by atoms with Crippen LogP contribution in [0.1, 0.15) is 58.6 Å². The van der Waals surface area contributed by atoms with Crippen molar-refractivity contribution in [3.05, 3.63) is 24.2 Å². The van der Waals surface area contributed by atoms with Gasteiger partial charge in [0.05, 0.1) is 6.26 Å². The van der Waals surface area contributed by atoms with E-state index in [-0.39, 0.29) is 0 Å². The summed E-state index contributed by atoms with van der Waals surface area (Å²) in [6, 6.07) is 5.35. The minimum Gasteiger partial charge on any atom is -0.469 e. The lowest BCUT2D eigenvalue weighted by Gasteiger charge is -2.36. The van der Waals surface area contributed by atoms with Gasteiger partial charge in [-0.3, -0.25) is 0 Å². The van der Waals surface area contributed by atoms with E-state index in [4.69, 9.17) is 4.42 Å². The van der Waals surface area contributed by atoms with Crippen LogP contribution < -0.4 is 5.32 Å². The fraction of sp³-hybridized carbons (Fsp3) is 0.750. The van der Waals surface area contributed by atoms with Crippen molar-refractivity contribution < 1.29 is 4.42 Å². The average Bonchev–Trinajstić information content (AvgIpc) is 2.82. The molecule has 1 heterocycles. The molecule has 1 atom stereocenters. The van der Waals surface area contributed by atoms with Crippen LogP contribution in [0, 0.1) is 5.41 Å². The molecular weight excluding hydrogens is 222 g/mol. The number of nitrogens with one attached hydrogen (secondary N) is 1. The number of hydrogen-bond donors (Lipinski definition) is 1. The summed E-state index contributed by atoms with van der Waals surface area (Å²) >= 11 is 0. The maximum Gasteiger partial charge on any atom is 0.103 e. The molecule has 0 amide bonds. The van der Waals surface area contributed by atoms with Gasteiger partial charge in [0, 0.05) is 18.5 Å². The van der Waals surface area contributed by atoms with E-state index < -0.39 is 0 Å². The molecule has 0 radical (unpaired) electrons. The summed E-state index contributed by atoms with van der Waals surface area (Å²) in [4.78, 5) is 0. The van der Waals surface area contributed by atoms with Gasteiger partial charge in [-0.25, -0.2) is 0 Å². The fourth-order valence-corrected chi connectivity index (χ4v) is 2.87. The number of rotatable bonds is 5. The predicted molar refractivity (Wildman–Crippen MR) is 75.7 cm³/mol. The Balaban J connectivity index is 1.67. The second kappa shape index (κ2) is 5.92. The van der Waals surface area contributed by atoms with Gasteiger partial charge >= 0.3 is 0 Å². The van der Waals surface area contributed by atoms with Gasteiger partial charge in [-0.15, -0.1) is 0 Å². The van der Waals surface area contributed by atoms with E-state index in [1.165, 1.54) is 25.7 Å². The number of aryl methyl sites for hydroxylation is 1. The molecule has 0 saturated heterocycles. The van der Waals surface area contributed by atoms with Crippen molar-refractivity contribution in [1.29, 1.82) is 0 Å². The third-order valence-corrected chi connectivity index (χ3v) is 4.26. The monoisotopic (exact) mass is 249 g/mol. The van der Waals surface area contributed by atoms with Crippen molar-refractivity contribution >= 4 is 0 Å². The zero-order chi connectivity index (χ0) is 13.0. The molecule has 1 aliphatic carbocycles. The van der Waals surface area contributed by atoms with Crippen LogP contribution >= 0.6 is 0 Å². The van der Waals surface area contributed by atoms with Crippen LogP contribution in [0.2, 0.25) is 0 Å². The normalized spacial score (nSPS) is 21.9. The molecule has 0 aromatic carbocycles. The molecule has 102 valence electrons. The Bertz CT molecular complexity index is 332. The maximum atomic E-state index is 5.37. The summed E-state index contributed by atoms with van der Waals surface area (Å²) in [5, 5.41) is 3.78. The molecule has 2 nitrogen and oxygen atoms in total. The lowest BCUT2D eigenvalue weighted by molar-refractivity contribution is 0.198. The molecule has 1 fully saturated rings. The Kier molecular flexibility index (Phi) is 4.50. The fourth-order valence-electron chi connectivity index (χ4n) is 2.87. The Morgan fingerprint density at radius 1 is 1.39 bits per heavy atom. The van der Waals surface area contributed by atoms with Gasteiger partial charge in [0.25, 0.3) is 0 Å². The van der Waals surface area contributed by atoms with Gasteiger partial charge in [-0.1, -0.05) is 13.8 Å². The van der Waals surface area contributed by atoms with E-state index in [1.807, 2.05) is 6.07 Å². The summed E-state index contributed by atoms with van der Waals surface area (Å²) in [6.45, 7) is 7.08. The minimum atomic E-state index is 0.565. The Morgan fingerprint density at radius 3 is 2.72 bits per heavy atom. The summed E-state index contributed by atoms with van der Waals surface area (Å²) in [5.74, 6) is 1.11. The van der Waals surface area contributed by atoms with Crippen LogP contribution in [0.3, 0.4) is 0 Å². The van der Waals surface area contributed by atoms with Crippen LogP contribution in [0.25, 0.3) is 0 Å². The van der Waals surface area contributed by atoms with E-state index in [0.29, 0.717) is 11.5 Å². The quantitative estimate of drug-likeness (QED) is 0.847. The molecule has 1 aromatic rings. The van der Waals surface area contributed by atoms with Crippen molar-refractivity contribution in [3.63, 3.8) is 0 Å². The van der Waals surface area contributed by atoms with E-state index >= 15 is 0 Å². The van der Waals surface area contributed by atoms with Crippen LogP contribution in [0.4, 0.5) is 0 Å². The Morgan fingerprint density at radius 2 is 2.11 bits per heavy atom. The molecular formula is C16H27NO. The summed E-state index contributed by atoms with van der Waals surface area (Å²) in [7, 11) is 0. The number of hydrogen-bond acceptors (Lipinski definition) is 2. The Labute approximate surface area is 111 Å². The molecule has 18 heavy (non-hydrogen) atoms. The first-order chi connectivity index (χ1) is 8.55. The molecule has 1 saturated carbocycles. The Hall–Kier alpha value is -0.760.